The van der Waals surface area contributed by atoms with Crippen molar-refractivity contribution in [2.45, 2.75) is 33.2 Å². The first-order valence-corrected chi connectivity index (χ1v) is 5.17. The van der Waals surface area contributed by atoms with Gasteiger partial charge in [0, 0.05) is 12.6 Å². The van der Waals surface area contributed by atoms with E-state index in [0.29, 0.717) is 12.5 Å². The normalized spacial score (nSPS) is 12.9. The van der Waals surface area contributed by atoms with Crippen molar-refractivity contribution in [1.82, 2.24) is 10.6 Å². The molecule has 0 aliphatic carbocycles. The van der Waals surface area contributed by atoms with Crippen molar-refractivity contribution in [1.29, 1.82) is 0 Å². The van der Waals surface area contributed by atoms with Gasteiger partial charge >= 0.3 is 0 Å². The van der Waals surface area contributed by atoms with Gasteiger partial charge in [0.25, 0.3) is 0 Å². The molecule has 0 aliphatic heterocycles. The first-order valence-electron chi connectivity index (χ1n) is 5.17. The Morgan fingerprint density at radius 1 is 1.36 bits per heavy atom. The average molecular weight is 202 g/mol. The second-order valence-corrected chi connectivity index (χ2v) is 3.97. The average Bonchev–Trinajstić information content (AvgIpc) is 2.02. The van der Waals surface area contributed by atoms with Crippen LogP contribution in [0.3, 0.4) is 0 Å². The van der Waals surface area contributed by atoms with Gasteiger partial charge in [-0.25, -0.2) is 0 Å². The Hall–Kier alpha value is -0.610. The summed E-state index contributed by atoms with van der Waals surface area (Å²) in [6.45, 7) is 7.25. The molecular formula is C10H22N2O2. The summed E-state index contributed by atoms with van der Waals surface area (Å²) in [6.07, 6.45) is 0.777. The van der Waals surface area contributed by atoms with Gasteiger partial charge in [-0.2, -0.15) is 0 Å². The number of aliphatic hydroxyl groups excluding tert-OH is 1. The second-order valence-electron chi connectivity index (χ2n) is 3.97. The molecule has 0 fully saturated rings. The summed E-state index contributed by atoms with van der Waals surface area (Å²) in [5.74, 6) is 0.433. The van der Waals surface area contributed by atoms with Crippen LogP contribution in [0, 0.1) is 5.92 Å². The van der Waals surface area contributed by atoms with Crippen molar-refractivity contribution in [2.75, 3.05) is 19.7 Å². The minimum Gasteiger partial charge on any atom is -0.396 e. The van der Waals surface area contributed by atoms with Gasteiger partial charge in [-0.1, -0.05) is 6.92 Å². The number of rotatable bonds is 7. The molecule has 3 N–H and O–H groups in total. The highest BCUT2D eigenvalue weighted by Gasteiger charge is 2.04. The molecule has 0 saturated carbocycles. The zero-order chi connectivity index (χ0) is 11.0. The van der Waals surface area contributed by atoms with Gasteiger partial charge in [0.2, 0.25) is 5.91 Å². The standard InChI is InChI=1S/C10H22N2O2/c1-8(2)12-10(14)7-11-6-9(3)4-5-13/h8-9,11,13H,4-7H2,1-3H3,(H,12,14). The van der Waals surface area contributed by atoms with Gasteiger partial charge in [-0.3, -0.25) is 4.79 Å². The van der Waals surface area contributed by atoms with Gasteiger partial charge in [0.15, 0.2) is 0 Å². The summed E-state index contributed by atoms with van der Waals surface area (Å²) < 4.78 is 0. The molecular weight excluding hydrogens is 180 g/mol. The van der Waals surface area contributed by atoms with Crippen LogP contribution >= 0.6 is 0 Å². The van der Waals surface area contributed by atoms with Crippen molar-refractivity contribution in [3.8, 4) is 0 Å². The predicted octanol–water partition coefficient (Wildman–Crippen LogP) is 0.119. The van der Waals surface area contributed by atoms with Gasteiger partial charge in [0.1, 0.15) is 0 Å². The summed E-state index contributed by atoms with van der Waals surface area (Å²) in [5.41, 5.74) is 0. The van der Waals surface area contributed by atoms with Crippen LogP contribution in [-0.2, 0) is 4.79 Å². The molecule has 1 atom stereocenters. The van der Waals surface area contributed by atoms with E-state index in [1.54, 1.807) is 0 Å². The van der Waals surface area contributed by atoms with Crippen LogP contribution in [0.4, 0.5) is 0 Å². The van der Waals surface area contributed by atoms with E-state index in [4.69, 9.17) is 5.11 Å². The fraction of sp³-hybridized carbons (Fsp3) is 0.900. The lowest BCUT2D eigenvalue weighted by molar-refractivity contribution is -0.120. The van der Waals surface area contributed by atoms with E-state index >= 15 is 0 Å². The van der Waals surface area contributed by atoms with E-state index < -0.39 is 0 Å². The van der Waals surface area contributed by atoms with Crippen molar-refractivity contribution in [3.63, 3.8) is 0 Å². The van der Waals surface area contributed by atoms with Crippen LogP contribution in [0.5, 0.6) is 0 Å². The highest BCUT2D eigenvalue weighted by atomic mass is 16.3. The minimum absolute atomic E-state index is 0.0243. The van der Waals surface area contributed by atoms with Crippen LogP contribution in [0.2, 0.25) is 0 Å². The van der Waals surface area contributed by atoms with Crippen molar-refractivity contribution in [3.05, 3.63) is 0 Å². The molecule has 0 rings (SSSR count). The first kappa shape index (κ1) is 13.4. The molecule has 0 aromatic heterocycles. The number of nitrogens with one attached hydrogen (secondary N) is 2. The van der Waals surface area contributed by atoms with Crippen molar-refractivity contribution < 1.29 is 9.90 Å². The van der Waals surface area contributed by atoms with Crippen molar-refractivity contribution >= 4 is 5.91 Å². The van der Waals surface area contributed by atoms with E-state index in [2.05, 4.69) is 10.6 Å². The molecule has 4 heteroatoms. The number of amides is 1. The topological polar surface area (TPSA) is 61.4 Å². The highest BCUT2D eigenvalue weighted by Crippen LogP contribution is 1.97. The number of hydrogen-bond acceptors (Lipinski definition) is 3. The fourth-order valence-electron chi connectivity index (χ4n) is 1.13. The van der Waals surface area contributed by atoms with E-state index in [-0.39, 0.29) is 18.6 Å². The summed E-state index contributed by atoms with van der Waals surface area (Å²) in [4.78, 5) is 11.2. The molecule has 4 nitrogen and oxygen atoms in total. The van der Waals surface area contributed by atoms with Crippen LogP contribution in [0.25, 0.3) is 0 Å². The zero-order valence-electron chi connectivity index (χ0n) is 9.34. The van der Waals surface area contributed by atoms with Crippen LogP contribution in [0.1, 0.15) is 27.2 Å². The fourth-order valence-corrected chi connectivity index (χ4v) is 1.13. The smallest absolute Gasteiger partial charge is 0.234 e. The lowest BCUT2D eigenvalue weighted by Crippen LogP contribution is -2.38. The van der Waals surface area contributed by atoms with Crippen LogP contribution < -0.4 is 10.6 Å². The summed E-state index contributed by atoms with van der Waals surface area (Å²) in [6, 6.07) is 0.194. The molecule has 84 valence electrons. The van der Waals surface area contributed by atoms with Gasteiger partial charge < -0.3 is 15.7 Å². The Bertz CT molecular complexity index is 160. The Labute approximate surface area is 86.1 Å². The molecule has 0 aliphatic rings. The summed E-state index contributed by atoms with van der Waals surface area (Å²) in [5, 5.41) is 14.5. The third-order valence-electron chi connectivity index (χ3n) is 1.85. The van der Waals surface area contributed by atoms with E-state index in [0.717, 1.165) is 13.0 Å². The number of carbonyl (C=O) groups is 1. The summed E-state index contributed by atoms with van der Waals surface area (Å²) >= 11 is 0. The SMILES string of the molecule is CC(CCO)CNCC(=O)NC(C)C. The zero-order valence-corrected chi connectivity index (χ0v) is 9.34. The lowest BCUT2D eigenvalue weighted by atomic mass is 10.1. The van der Waals surface area contributed by atoms with Crippen LogP contribution in [-0.4, -0.2) is 36.8 Å². The molecule has 0 bridgehead atoms. The van der Waals surface area contributed by atoms with Gasteiger partial charge in [-0.05, 0) is 32.7 Å². The maximum Gasteiger partial charge on any atom is 0.234 e. The second kappa shape index (κ2) is 7.76. The van der Waals surface area contributed by atoms with Gasteiger partial charge in [-0.15, -0.1) is 0 Å². The molecule has 0 spiro atoms. The van der Waals surface area contributed by atoms with E-state index in [1.807, 2.05) is 20.8 Å². The van der Waals surface area contributed by atoms with Gasteiger partial charge in [0.05, 0.1) is 6.54 Å². The first-order chi connectivity index (χ1) is 6.56. The molecule has 0 saturated heterocycles. The molecule has 0 aromatic carbocycles. The number of aliphatic hydroxyl groups is 1. The molecule has 1 amide bonds. The largest absolute Gasteiger partial charge is 0.396 e. The Kier molecular flexibility index (Phi) is 7.42. The minimum atomic E-state index is 0.0243. The predicted molar refractivity (Wildman–Crippen MR) is 57.0 cm³/mol. The van der Waals surface area contributed by atoms with Crippen molar-refractivity contribution in [2.24, 2.45) is 5.92 Å². The molecule has 1 unspecified atom stereocenters. The molecule has 0 radical (unpaired) electrons. The number of hydrogen-bond donors (Lipinski definition) is 3. The number of carbonyl (C=O) groups excluding carboxylic acids is 1. The monoisotopic (exact) mass is 202 g/mol. The molecule has 14 heavy (non-hydrogen) atoms. The maximum absolute atomic E-state index is 11.2. The quantitative estimate of drug-likeness (QED) is 0.549. The van der Waals surface area contributed by atoms with E-state index in [1.165, 1.54) is 0 Å². The Morgan fingerprint density at radius 2 is 2.00 bits per heavy atom. The molecule has 0 heterocycles. The van der Waals surface area contributed by atoms with Crippen LogP contribution in [0.15, 0.2) is 0 Å². The highest BCUT2D eigenvalue weighted by molar-refractivity contribution is 5.78. The summed E-state index contributed by atoms with van der Waals surface area (Å²) in [7, 11) is 0. The maximum atomic E-state index is 11.2. The lowest BCUT2D eigenvalue weighted by Gasteiger charge is -2.12. The molecule has 0 aromatic rings. The Morgan fingerprint density at radius 3 is 2.50 bits per heavy atom. The van der Waals surface area contributed by atoms with E-state index in [9.17, 15) is 4.79 Å². The Balaban J connectivity index is 3.39. The third-order valence-corrected chi connectivity index (χ3v) is 1.85. The third kappa shape index (κ3) is 8.01.